The first-order chi connectivity index (χ1) is 13.5. The van der Waals surface area contributed by atoms with Crippen molar-refractivity contribution >= 4 is 11.8 Å². The van der Waals surface area contributed by atoms with Gasteiger partial charge in [0.05, 0.1) is 11.9 Å². The lowest BCUT2D eigenvalue weighted by Crippen LogP contribution is -2.53. The van der Waals surface area contributed by atoms with Crippen molar-refractivity contribution in [3.8, 4) is 11.3 Å². The fourth-order valence-corrected chi connectivity index (χ4v) is 3.51. The van der Waals surface area contributed by atoms with Gasteiger partial charge in [-0.25, -0.2) is 14.4 Å². The van der Waals surface area contributed by atoms with E-state index >= 15 is 0 Å². The standard InChI is InChI=1S/C20H21FN6O/c1-14-13-26(18-5-3-4-7-23-18)9-10-27(14)20-24-17(11-19(28)25(20)2)15-6-8-22-12-16(15)21/h3-8,11-12,14H,9-10,13H2,1-2H3/t14-/m1/s1. The maximum atomic E-state index is 14.2. The van der Waals surface area contributed by atoms with E-state index in [1.807, 2.05) is 18.2 Å². The van der Waals surface area contributed by atoms with Gasteiger partial charge in [-0.1, -0.05) is 6.07 Å². The Kier molecular flexibility index (Phi) is 4.77. The second kappa shape index (κ2) is 7.38. The van der Waals surface area contributed by atoms with E-state index in [-0.39, 0.29) is 17.2 Å². The highest BCUT2D eigenvalue weighted by atomic mass is 19.1. The fourth-order valence-electron chi connectivity index (χ4n) is 3.51. The number of hydrogen-bond donors (Lipinski definition) is 0. The van der Waals surface area contributed by atoms with Gasteiger partial charge in [0, 0.05) is 56.7 Å². The zero-order valence-electron chi connectivity index (χ0n) is 15.8. The Morgan fingerprint density at radius 2 is 2.04 bits per heavy atom. The summed E-state index contributed by atoms with van der Waals surface area (Å²) in [5, 5.41) is 0. The van der Waals surface area contributed by atoms with Crippen molar-refractivity contribution in [2.45, 2.75) is 13.0 Å². The number of halogens is 1. The van der Waals surface area contributed by atoms with Gasteiger partial charge >= 0.3 is 0 Å². The number of rotatable bonds is 3. The number of piperazine rings is 1. The quantitative estimate of drug-likeness (QED) is 0.693. The lowest BCUT2D eigenvalue weighted by atomic mass is 10.1. The number of aromatic nitrogens is 4. The Morgan fingerprint density at radius 3 is 2.75 bits per heavy atom. The summed E-state index contributed by atoms with van der Waals surface area (Å²) in [6.07, 6.45) is 4.40. The predicted molar refractivity (Wildman–Crippen MR) is 106 cm³/mol. The number of nitrogens with zero attached hydrogens (tertiary/aromatic N) is 6. The molecule has 144 valence electrons. The zero-order chi connectivity index (χ0) is 19.7. The first kappa shape index (κ1) is 18.1. The largest absolute Gasteiger partial charge is 0.353 e. The summed E-state index contributed by atoms with van der Waals surface area (Å²) in [5.41, 5.74) is 0.363. The summed E-state index contributed by atoms with van der Waals surface area (Å²) >= 11 is 0. The molecule has 1 fully saturated rings. The zero-order valence-corrected chi connectivity index (χ0v) is 15.8. The molecule has 1 saturated heterocycles. The van der Waals surface area contributed by atoms with Crippen LogP contribution in [-0.4, -0.2) is 45.2 Å². The number of pyridine rings is 2. The molecule has 0 radical (unpaired) electrons. The van der Waals surface area contributed by atoms with Crippen LogP contribution >= 0.6 is 0 Å². The molecule has 1 aliphatic rings. The third-order valence-corrected chi connectivity index (χ3v) is 5.02. The van der Waals surface area contributed by atoms with Gasteiger partial charge in [0.2, 0.25) is 5.95 Å². The van der Waals surface area contributed by atoms with Gasteiger partial charge < -0.3 is 9.80 Å². The molecule has 28 heavy (non-hydrogen) atoms. The predicted octanol–water partition coefficient (Wildman–Crippen LogP) is 2.09. The van der Waals surface area contributed by atoms with Gasteiger partial charge in [-0.2, -0.15) is 0 Å². The molecule has 1 atom stereocenters. The Hall–Kier alpha value is -3.29. The van der Waals surface area contributed by atoms with Crippen molar-refractivity contribution < 1.29 is 4.39 Å². The van der Waals surface area contributed by atoms with Crippen LogP contribution in [0.5, 0.6) is 0 Å². The third-order valence-electron chi connectivity index (χ3n) is 5.02. The maximum Gasteiger partial charge on any atom is 0.255 e. The highest BCUT2D eigenvalue weighted by molar-refractivity contribution is 5.60. The topological polar surface area (TPSA) is 67.2 Å². The lowest BCUT2D eigenvalue weighted by Gasteiger charge is -2.41. The highest BCUT2D eigenvalue weighted by Gasteiger charge is 2.27. The Labute approximate surface area is 162 Å². The van der Waals surface area contributed by atoms with Gasteiger partial charge in [-0.3, -0.25) is 14.3 Å². The van der Waals surface area contributed by atoms with Crippen LogP contribution < -0.4 is 15.4 Å². The molecule has 8 heteroatoms. The van der Waals surface area contributed by atoms with Crippen LogP contribution in [-0.2, 0) is 7.05 Å². The molecule has 7 nitrogen and oxygen atoms in total. The Balaban J connectivity index is 1.66. The van der Waals surface area contributed by atoms with E-state index in [4.69, 9.17) is 0 Å². The smallest absolute Gasteiger partial charge is 0.255 e. The van der Waals surface area contributed by atoms with Gasteiger partial charge in [-0.05, 0) is 25.1 Å². The van der Waals surface area contributed by atoms with E-state index < -0.39 is 5.82 Å². The molecule has 0 aliphatic carbocycles. The van der Waals surface area contributed by atoms with Crippen LogP contribution in [0.3, 0.4) is 0 Å². The minimum Gasteiger partial charge on any atom is -0.353 e. The first-order valence-electron chi connectivity index (χ1n) is 9.15. The minimum absolute atomic E-state index is 0.103. The molecule has 0 amide bonds. The summed E-state index contributed by atoms with van der Waals surface area (Å²) in [5.74, 6) is 0.970. The van der Waals surface area contributed by atoms with Crippen LogP contribution in [0.1, 0.15) is 6.92 Å². The fraction of sp³-hybridized carbons (Fsp3) is 0.300. The van der Waals surface area contributed by atoms with E-state index in [2.05, 4.69) is 31.7 Å². The van der Waals surface area contributed by atoms with E-state index in [0.29, 0.717) is 18.2 Å². The highest BCUT2D eigenvalue weighted by Crippen LogP contribution is 2.24. The molecular formula is C20H21FN6O. The molecule has 0 N–H and O–H groups in total. The molecule has 4 heterocycles. The summed E-state index contributed by atoms with van der Waals surface area (Å²) in [7, 11) is 1.69. The normalized spacial score (nSPS) is 17.0. The molecule has 0 unspecified atom stereocenters. The van der Waals surface area contributed by atoms with Crippen molar-refractivity contribution in [2.75, 3.05) is 29.4 Å². The van der Waals surface area contributed by atoms with Crippen LogP contribution in [0.4, 0.5) is 16.2 Å². The molecule has 0 spiro atoms. The van der Waals surface area contributed by atoms with Crippen molar-refractivity contribution in [2.24, 2.45) is 7.05 Å². The molecule has 0 bridgehead atoms. The van der Waals surface area contributed by atoms with Gasteiger partial charge in [0.15, 0.2) is 5.82 Å². The molecule has 1 aliphatic heterocycles. The van der Waals surface area contributed by atoms with Gasteiger partial charge in [0.1, 0.15) is 5.82 Å². The summed E-state index contributed by atoms with van der Waals surface area (Å²) in [6, 6.07) is 8.85. The van der Waals surface area contributed by atoms with Crippen LogP contribution in [0, 0.1) is 5.82 Å². The molecule has 0 saturated carbocycles. The molecule has 3 aromatic heterocycles. The first-order valence-corrected chi connectivity index (χ1v) is 9.15. The maximum absolute atomic E-state index is 14.2. The van der Waals surface area contributed by atoms with E-state index in [9.17, 15) is 9.18 Å². The second-order valence-electron chi connectivity index (χ2n) is 6.87. The molecule has 0 aromatic carbocycles. The minimum atomic E-state index is -0.498. The van der Waals surface area contributed by atoms with E-state index in [1.54, 1.807) is 13.2 Å². The average Bonchev–Trinajstić information content (AvgIpc) is 2.71. The van der Waals surface area contributed by atoms with E-state index in [0.717, 1.165) is 25.1 Å². The van der Waals surface area contributed by atoms with Crippen LogP contribution in [0.25, 0.3) is 11.3 Å². The van der Waals surface area contributed by atoms with E-state index in [1.165, 1.54) is 22.9 Å². The second-order valence-corrected chi connectivity index (χ2v) is 6.87. The molecule has 4 rings (SSSR count). The third kappa shape index (κ3) is 3.33. The van der Waals surface area contributed by atoms with Crippen LogP contribution in [0.15, 0.2) is 53.7 Å². The lowest BCUT2D eigenvalue weighted by molar-refractivity contribution is 0.526. The van der Waals surface area contributed by atoms with Gasteiger partial charge in [0.25, 0.3) is 5.56 Å². The summed E-state index contributed by atoms with van der Waals surface area (Å²) in [6.45, 7) is 4.27. The summed E-state index contributed by atoms with van der Waals surface area (Å²) < 4.78 is 15.7. The van der Waals surface area contributed by atoms with Gasteiger partial charge in [-0.15, -0.1) is 0 Å². The van der Waals surface area contributed by atoms with Crippen LogP contribution in [0.2, 0.25) is 0 Å². The Bertz CT molecular complexity index is 1040. The SMILES string of the molecule is C[C@@H]1CN(c2ccccn2)CCN1c1nc(-c2ccncc2F)cc(=O)n1C. The van der Waals surface area contributed by atoms with Crippen molar-refractivity contribution in [1.82, 2.24) is 19.5 Å². The number of anilines is 2. The van der Waals surface area contributed by atoms with Crippen molar-refractivity contribution in [3.63, 3.8) is 0 Å². The Morgan fingerprint density at radius 1 is 1.18 bits per heavy atom. The number of hydrogen-bond acceptors (Lipinski definition) is 6. The average molecular weight is 380 g/mol. The summed E-state index contributed by atoms with van der Waals surface area (Å²) in [4.78, 5) is 29.6. The van der Waals surface area contributed by atoms with Crippen molar-refractivity contribution in [3.05, 3.63) is 65.1 Å². The molecule has 3 aromatic rings. The van der Waals surface area contributed by atoms with Crippen molar-refractivity contribution in [1.29, 1.82) is 0 Å². The monoisotopic (exact) mass is 380 g/mol. The molecular weight excluding hydrogens is 359 g/mol.